The van der Waals surface area contributed by atoms with Crippen LogP contribution in [0, 0.1) is 0 Å². The van der Waals surface area contributed by atoms with Gasteiger partial charge in [-0.2, -0.15) is 13.0 Å². The Morgan fingerprint density at radius 2 is 1.86 bits per heavy atom. The first-order valence-electron chi connectivity index (χ1n) is 8.78. The molecule has 29 heavy (non-hydrogen) atoms. The Bertz CT molecular complexity index is 1150. The van der Waals surface area contributed by atoms with E-state index in [1.165, 1.54) is 0 Å². The van der Waals surface area contributed by atoms with E-state index in [9.17, 15) is 8.42 Å². The van der Waals surface area contributed by atoms with Gasteiger partial charge in [0.15, 0.2) is 18.2 Å². The van der Waals surface area contributed by atoms with Crippen LogP contribution in [0.4, 0.5) is 5.69 Å². The summed E-state index contributed by atoms with van der Waals surface area (Å²) in [5, 5.41) is 3.17. The van der Waals surface area contributed by atoms with Crippen molar-refractivity contribution >= 4 is 33.0 Å². The number of rotatable bonds is 6. The van der Waals surface area contributed by atoms with Crippen molar-refractivity contribution in [1.29, 1.82) is 0 Å². The predicted molar refractivity (Wildman–Crippen MR) is 107 cm³/mol. The van der Waals surface area contributed by atoms with E-state index in [2.05, 4.69) is 5.32 Å². The first-order valence-corrected chi connectivity index (χ1v) is 10.4. The van der Waals surface area contributed by atoms with Crippen LogP contribution in [0.25, 0.3) is 17.2 Å². The summed E-state index contributed by atoms with van der Waals surface area (Å²) in [4.78, 5) is 0. The molecule has 0 atom stereocenters. The van der Waals surface area contributed by atoms with Crippen LogP contribution in [0.2, 0.25) is 0 Å². The molecular weight excluding hydrogens is 396 g/mol. The molecular formula is C20H20N2O6S. The number of nitrogens with zero attached hydrogens (tertiary/aromatic N) is 1. The van der Waals surface area contributed by atoms with E-state index in [0.29, 0.717) is 23.9 Å². The number of hydrogen-bond acceptors (Lipinski definition) is 6. The minimum absolute atomic E-state index is 0. The monoisotopic (exact) mass is 416 g/mol. The van der Waals surface area contributed by atoms with Gasteiger partial charge in [-0.15, -0.1) is 0 Å². The zero-order valence-electron chi connectivity index (χ0n) is 15.4. The van der Waals surface area contributed by atoms with Gasteiger partial charge in [0.2, 0.25) is 5.58 Å². The van der Waals surface area contributed by atoms with Crippen molar-refractivity contribution in [2.75, 3.05) is 11.1 Å². The Kier molecular flexibility index (Phi) is 6.02. The third-order valence-corrected chi connectivity index (χ3v) is 5.08. The average Bonchev–Trinajstić information content (AvgIpc) is 3.22. The lowest BCUT2D eigenvalue weighted by Crippen LogP contribution is -2.36. The van der Waals surface area contributed by atoms with E-state index in [4.69, 9.17) is 13.7 Å². The van der Waals surface area contributed by atoms with Gasteiger partial charge < -0.3 is 19.9 Å². The maximum atomic E-state index is 11.0. The van der Waals surface area contributed by atoms with Crippen LogP contribution in [-0.2, 0) is 16.7 Å². The molecule has 1 aromatic heterocycles. The molecule has 9 heteroatoms. The Balaban J connectivity index is 0.00000240. The maximum absolute atomic E-state index is 11.0. The first kappa shape index (κ1) is 20.6. The van der Waals surface area contributed by atoms with Crippen molar-refractivity contribution in [3.63, 3.8) is 0 Å². The molecule has 0 unspecified atom stereocenters. The topological polar surface area (TPSA) is 123 Å². The fourth-order valence-electron chi connectivity index (χ4n) is 3.04. The Morgan fingerprint density at radius 3 is 2.66 bits per heavy atom. The fraction of sp³-hybridized carbons (Fsp3) is 0.150. The zero-order valence-corrected chi connectivity index (χ0v) is 16.2. The van der Waals surface area contributed by atoms with Gasteiger partial charge >= 0.3 is 5.89 Å². The van der Waals surface area contributed by atoms with Gasteiger partial charge in [-0.25, -0.2) is 0 Å². The molecule has 4 rings (SSSR count). The molecule has 1 aliphatic heterocycles. The number of fused-ring (bicyclic) bond motifs is 2. The zero-order chi connectivity index (χ0) is 19.6. The van der Waals surface area contributed by atoms with Crippen LogP contribution in [0.1, 0.15) is 12.3 Å². The van der Waals surface area contributed by atoms with Crippen molar-refractivity contribution in [3.05, 3.63) is 72.5 Å². The van der Waals surface area contributed by atoms with E-state index in [1.54, 1.807) is 18.2 Å². The van der Waals surface area contributed by atoms with E-state index >= 15 is 0 Å². The number of allylic oxidation sites excluding steroid dienone is 2. The Morgan fingerprint density at radius 1 is 1.10 bits per heavy atom. The molecule has 0 spiro atoms. The Hall–Kier alpha value is -3.14. The van der Waals surface area contributed by atoms with Crippen molar-refractivity contribution in [3.8, 4) is 5.75 Å². The number of oxazole rings is 1. The summed E-state index contributed by atoms with van der Waals surface area (Å²) in [6.07, 6.45) is 5.64. The van der Waals surface area contributed by atoms with E-state index in [-0.39, 0.29) is 17.6 Å². The second kappa shape index (κ2) is 8.48. The maximum Gasteiger partial charge on any atom is 0.374 e. The van der Waals surface area contributed by atoms with Gasteiger partial charge in [0.1, 0.15) is 0 Å². The number of aryl methyl sites for hydroxylation is 1. The quantitative estimate of drug-likeness (QED) is 0.467. The summed E-state index contributed by atoms with van der Waals surface area (Å²) in [5.41, 5.74) is 2.46. The molecule has 0 saturated carbocycles. The van der Waals surface area contributed by atoms with Crippen LogP contribution < -0.4 is 14.6 Å². The lowest BCUT2D eigenvalue weighted by Gasteiger charge is -1.96. The predicted octanol–water partition coefficient (Wildman–Crippen LogP) is 3.18. The normalized spacial score (nSPS) is 14.6. The standard InChI is InChI=1S/C20H18N2O5S.H2O/c23-28(24,25)14-6-13-22-16-8-2-4-10-18(16)27-20(22)12-5-11-19-21-15-7-1-3-9-17(15)26-19;/h1-5,7-12H,6,13-14H2,(H,23,24,25);1H2. The van der Waals surface area contributed by atoms with Crippen LogP contribution in [-0.4, -0.2) is 24.2 Å². The summed E-state index contributed by atoms with van der Waals surface area (Å²) >= 11 is 0. The molecule has 2 aromatic carbocycles. The highest BCUT2D eigenvalue weighted by atomic mass is 32.2. The second-order valence-corrected chi connectivity index (χ2v) is 7.88. The van der Waals surface area contributed by atoms with Gasteiger partial charge in [0, 0.05) is 12.5 Å². The summed E-state index contributed by atoms with van der Waals surface area (Å²) < 4.78 is 44.4. The number of hydrogen-bond donors (Lipinski definition) is 2. The molecule has 8 nitrogen and oxygen atoms in total. The minimum atomic E-state index is -3.99. The molecule has 152 valence electrons. The molecule has 0 saturated heterocycles. The SMILES string of the molecule is O=S(=O)(O)CCC[n+]1c(C=CC=C2Nc3ccccc3O2)oc2ccccc21.[OH-]. The lowest BCUT2D eigenvalue weighted by atomic mass is 10.3. The molecule has 0 aliphatic carbocycles. The number of benzene rings is 2. The third kappa shape index (κ3) is 4.83. The molecule has 0 amide bonds. The van der Waals surface area contributed by atoms with Gasteiger partial charge in [0.25, 0.3) is 15.6 Å². The highest BCUT2D eigenvalue weighted by Gasteiger charge is 2.21. The van der Waals surface area contributed by atoms with Gasteiger partial charge in [-0.1, -0.05) is 24.3 Å². The van der Waals surface area contributed by atoms with Crippen LogP contribution in [0.15, 0.2) is 71.0 Å². The van der Waals surface area contributed by atoms with Crippen molar-refractivity contribution in [2.24, 2.45) is 0 Å². The van der Waals surface area contributed by atoms with Crippen molar-refractivity contribution in [1.82, 2.24) is 0 Å². The lowest BCUT2D eigenvalue weighted by molar-refractivity contribution is -0.677. The van der Waals surface area contributed by atoms with Crippen molar-refractivity contribution in [2.45, 2.75) is 13.0 Å². The second-order valence-electron chi connectivity index (χ2n) is 6.31. The fourth-order valence-corrected chi connectivity index (χ4v) is 3.54. The highest BCUT2D eigenvalue weighted by molar-refractivity contribution is 7.85. The van der Waals surface area contributed by atoms with Crippen LogP contribution in [0.3, 0.4) is 0 Å². The van der Waals surface area contributed by atoms with Crippen LogP contribution >= 0.6 is 0 Å². The number of nitrogens with one attached hydrogen (secondary N) is 1. The number of ether oxygens (including phenoxy) is 1. The minimum Gasteiger partial charge on any atom is -0.870 e. The van der Waals surface area contributed by atoms with Crippen LogP contribution in [0.5, 0.6) is 5.75 Å². The molecule has 0 fully saturated rings. The highest BCUT2D eigenvalue weighted by Crippen LogP contribution is 2.32. The van der Waals surface area contributed by atoms with E-state index < -0.39 is 10.1 Å². The Labute approximate surface area is 167 Å². The summed E-state index contributed by atoms with van der Waals surface area (Å²) in [5.74, 6) is 1.64. The van der Waals surface area contributed by atoms with Crippen molar-refractivity contribution < 1.29 is 32.2 Å². The molecule has 0 radical (unpaired) electrons. The first-order chi connectivity index (χ1) is 13.5. The molecule has 3 aromatic rings. The largest absolute Gasteiger partial charge is 0.870 e. The van der Waals surface area contributed by atoms with E-state index in [0.717, 1.165) is 17.0 Å². The van der Waals surface area contributed by atoms with E-state index in [1.807, 2.05) is 53.1 Å². The third-order valence-electron chi connectivity index (χ3n) is 4.27. The summed E-state index contributed by atoms with van der Waals surface area (Å²) in [6.45, 7) is 0.396. The molecule has 3 N–H and O–H groups in total. The van der Waals surface area contributed by atoms with Gasteiger partial charge in [-0.3, -0.25) is 4.55 Å². The number of aromatic nitrogens is 1. The number of anilines is 1. The van der Waals surface area contributed by atoms with Gasteiger partial charge in [-0.05, 0) is 30.4 Å². The summed E-state index contributed by atoms with van der Waals surface area (Å²) in [7, 11) is -3.99. The summed E-state index contributed by atoms with van der Waals surface area (Å²) in [6, 6.07) is 15.2. The number of para-hydroxylation sites is 4. The average molecular weight is 416 g/mol. The van der Waals surface area contributed by atoms with Gasteiger partial charge in [0.05, 0.1) is 17.5 Å². The molecule has 2 heterocycles. The smallest absolute Gasteiger partial charge is 0.374 e. The molecule has 0 bridgehead atoms. The molecule has 1 aliphatic rings.